The molecule has 0 atom stereocenters. The predicted molar refractivity (Wildman–Crippen MR) is 87.6 cm³/mol. The lowest BCUT2D eigenvalue weighted by molar-refractivity contribution is -0.137. The lowest BCUT2D eigenvalue weighted by Crippen LogP contribution is -2.28. The fraction of sp³-hybridized carbons (Fsp3) is 0.200. The number of carbonyl (C=O) groups is 1. The van der Waals surface area contributed by atoms with E-state index in [1.165, 1.54) is 11.8 Å². The van der Waals surface area contributed by atoms with Crippen LogP contribution in [0.15, 0.2) is 47.7 Å². The molecule has 2 rings (SSSR count). The van der Waals surface area contributed by atoms with Crippen LogP contribution < -0.4 is 0 Å². The Morgan fingerprint density at radius 3 is 2.80 bits per heavy atom. The number of carboxylic acid groups (broad SMARTS) is 1. The van der Waals surface area contributed by atoms with Gasteiger partial charge >= 0.3 is 5.97 Å². The second kappa shape index (κ2) is 6.72. The summed E-state index contributed by atoms with van der Waals surface area (Å²) in [6, 6.07) is 10.0. The minimum Gasteiger partial charge on any atom is -0.480 e. The van der Waals surface area contributed by atoms with E-state index in [9.17, 15) is 4.79 Å². The quantitative estimate of drug-likeness (QED) is 0.864. The van der Waals surface area contributed by atoms with Crippen LogP contribution in [0.3, 0.4) is 0 Å². The molecule has 3 nitrogen and oxygen atoms in total. The molecular weight excluding hydrogens is 290 g/mol. The average molecular weight is 305 g/mol. The van der Waals surface area contributed by atoms with Crippen molar-refractivity contribution >= 4 is 40.3 Å². The van der Waals surface area contributed by atoms with Crippen LogP contribution in [0.25, 0.3) is 6.08 Å². The van der Waals surface area contributed by atoms with E-state index >= 15 is 0 Å². The number of hydrogen-bond donors (Lipinski definition) is 1. The first-order chi connectivity index (χ1) is 9.56. The minimum atomic E-state index is -0.870. The summed E-state index contributed by atoms with van der Waals surface area (Å²) in [4.78, 5) is 12.6. The molecule has 0 aliphatic carbocycles. The highest BCUT2D eigenvalue weighted by Gasteiger charge is 2.24. The molecule has 0 aromatic heterocycles. The molecule has 0 unspecified atom stereocenters. The molecule has 1 aliphatic rings. The van der Waals surface area contributed by atoms with E-state index in [2.05, 4.69) is 6.08 Å². The van der Waals surface area contributed by atoms with Gasteiger partial charge in [0.05, 0.1) is 0 Å². The standard InChI is InChI=1S/C15H15NO2S2/c1-11(7-12-5-3-2-4-6-12)8-13-10-20-15(19)16(13)9-14(17)18/h2-8H,9-10H2,1H3,(H,17,18)/b11-7+,13-8-. The molecule has 1 N–H and O–H groups in total. The van der Waals surface area contributed by atoms with Gasteiger partial charge in [0.15, 0.2) is 0 Å². The molecule has 1 aromatic carbocycles. The summed E-state index contributed by atoms with van der Waals surface area (Å²) in [7, 11) is 0. The van der Waals surface area contributed by atoms with E-state index in [0.717, 1.165) is 22.6 Å². The van der Waals surface area contributed by atoms with Gasteiger partial charge in [0, 0.05) is 11.4 Å². The highest BCUT2D eigenvalue weighted by molar-refractivity contribution is 8.23. The largest absolute Gasteiger partial charge is 0.480 e. The molecule has 104 valence electrons. The third-order valence-electron chi connectivity index (χ3n) is 2.79. The highest BCUT2D eigenvalue weighted by atomic mass is 32.2. The fourth-order valence-electron chi connectivity index (χ4n) is 1.95. The predicted octanol–water partition coefficient (Wildman–Crippen LogP) is 3.39. The lowest BCUT2D eigenvalue weighted by Gasteiger charge is -2.16. The maximum absolute atomic E-state index is 10.9. The van der Waals surface area contributed by atoms with E-state index < -0.39 is 5.97 Å². The van der Waals surface area contributed by atoms with Gasteiger partial charge in [-0.25, -0.2) is 0 Å². The molecule has 20 heavy (non-hydrogen) atoms. The van der Waals surface area contributed by atoms with Crippen LogP contribution in [0, 0.1) is 0 Å². The highest BCUT2D eigenvalue weighted by Crippen LogP contribution is 2.28. The van der Waals surface area contributed by atoms with Gasteiger partial charge in [0.1, 0.15) is 10.9 Å². The number of nitrogens with zero attached hydrogens (tertiary/aromatic N) is 1. The molecule has 0 saturated carbocycles. The molecule has 1 heterocycles. The number of carboxylic acids is 1. The first kappa shape index (κ1) is 14.8. The Kier molecular flexibility index (Phi) is 4.98. The maximum Gasteiger partial charge on any atom is 0.323 e. The van der Waals surface area contributed by atoms with Gasteiger partial charge in [-0.1, -0.05) is 60.4 Å². The van der Waals surface area contributed by atoms with Gasteiger partial charge in [-0.15, -0.1) is 0 Å². The van der Waals surface area contributed by atoms with Crippen molar-refractivity contribution in [3.05, 3.63) is 53.2 Å². The molecule has 1 fully saturated rings. The first-order valence-corrected chi connectivity index (χ1v) is 7.55. The SMILES string of the molecule is CC(/C=C1/CSC(=S)N1CC(=O)O)=C\c1ccccc1. The van der Waals surface area contributed by atoms with Gasteiger partial charge in [0.2, 0.25) is 0 Å². The molecule has 1 saturated heterocycles. The summed E-state index contributed by atoms with van der Waals surface area (Å²) in [6.07, 6.45) is 4.07. The fourth-order valence-corrected chi connectivity index (χ4v) is 3.15. The van der Waals surface area contributed by atoms with E-state index in [1.54, 1.807) is 4.90 Å². The molecule has 5 heteroatoms. The van der Waals surface area contributed by atoms with Crippen LogP contribution in [0.4, 0.5) is 0 Å². The smallest absolute Gasteiger partial charge is 0.323 e. The van der Waals surface area contributed by atoms with Crippen LogP contribution in [0.2, 0.25) is 0 Å². The van der Waals surface area contributed by atoms with E-state index in [4.69, 9.17) is 17.3 Å². The number of thioether (sulfide) groups is 1. The Balaban J connectivity index is 2.18. The van der Waals surface area contributed by atoms with Gasteiger partial charge in [-0.2, -0.15) is 0 Å². The average Bonchev–Trinajstić information content (AvgIpc) is 2.72. The van der Waals surface area contributed by atoms with E-state index in [1.807, 2.05) is 43.3 Å². The molecule has 1 aliphatic heterocycles. The van der Waals surface area contributed by atoms with Gasteiger partial charge < -0.3 is 10.0 Å². The van der Waals surface area contributed by atoms with E-state index in [-0.39, 0.29) is 6.54 Å². The van der Waals surface area contributed by atoms with Crippen molar-refractivity contribution in [2.24, 2.45) is 0 Å². The van der Waals surface area contributed by atoms with Crippen molar-refractivity contribution in [2.75, 3.05) is 12.3 Å². The molecule has 0 radical (unpaired) electrons. The zero-order valence-electron chi connectivity index (χ0n) is 11.1. The molecular formula is C15H15NO2S2. The number of benzene rings is 1. The second-order valence-corrected chi connectivity index (χ2v) is 6.08. The lowest BCUT2D eigenvalue weighted by atomic mass is 10.1. The van der Waals surface area contributed by atoms with Crippen LogP contribution in [-0.2, 0) is 4.79 Å². The molecule has 0 spiro atoms. The summed E-state index contributed by atoms with van der Waals surface area (Å²) in [5, 5.41) is 8.93. The van der Waals surface area contributed by atoms with Gasteiger partial charge in [-0.05, 0) is 24.1 Å². The Morgan fingerprint density at radius 2 is 2.15 bits per heavy atom. The Bertz CT molecular complexity index is 579. The number of allylic oxidation sites excluding steroid dienone is 2. The van der Waals surface area contributed by atoms with Crippen LogP contribution >= 0.6 is 24.0 Å². The summed E-state index contributed by atoms with van der Waals surface area (Å²) >= 11 is 6.69. The van der Waals surface area contributed by atoms with Crippen LogP contribution in [-0.4, -0.2) is 32.6 Å². The minimum absolute atomic E-state index is 0.0731. The normalized spacial score (nSPS) is 17.9. The molecule has 1 aromatic rings. The van der Waals surface area contributed by atoms with E-state index in [0.29, 0.717) is 4.32 Å². The van der Waals surface area contributed by atoms with Crippen molar-refractivity contribution < 1.29 is 9.90 Å². The number of thiocarbonyl (C=S) groups is 1. The summed E-state index contributed by atoms with van der Waals surface area (Å²) < 4.78 is 0.631. The van der Waals surface area contributed by atoms with Crippen molar-refractivity contribution in [3.8, 4) is 0 Å². The van der Waals surface area contributed by atoms with Crippen LogP contribution in [0.5, 0.6) is 0 Å². The van der Waals surface area contributed by atoms with Crippen molar-refractivity contribution in [3.63, 3.8) is 0 Å². The van der Waals surface area contributed by atoms with Crippen molar-refractivity contribution in [2.45, 2.75) is 6.92 Å². The van der Waals surface area contributed by atoms with Gasteiger partial charge in [-0.3, -0.25) is 4.79 Å². The number of hydrogen-bond acceptors (Lipinski definition) is 3. The van der Waals surface area contributed by atoms with Crippen molar-refractivity contribution in [1.29, 1.82) is 0 Å². The van der Waals surface area contributed by atoms with Crippen LogP contribution in [0.1, 0.15) is 12.5 Å². The van der Waals surface area contributed by atoms with Gasteiger partial charge in [0.25, 0.3) is 0 Å². The maximum atomic E-state index is 10.9. The third-order valence-corrected chi connectivity index (χ3v) is 4.27. The summed E-state index contributed by atoms with van der Waals surface area (Å²) in [5.74, 6) is -0.142. The Hall–Kier alpha value is -1.59. The third kappa shape index (κ3) is 3.95. The number of aliphatic carboxylic acids is 1. The Labute approximate surface area is 128 Å². The zero-order valence-corrected chi connectivity index (χ0v) is 12.7. The molecule has 0 amide bonds. The topological polar surface area (TPSA) is 40.5 Å². The summed E-state index contributed by atoms with van der Waals surface area (Å²) in [5.41, 5.74) is 3.15. The van der Waals surface area contributed by atoms with Crippen molar-refractivity contribution in [1.82, 2.24) is 4.90 Å². The second-order valence-electron chi connectivity index (χ2n) is 4.47. The number of rotatable bonds is 4. The summed E-state index contributed by atoms with van der Waals surface area (Å²) in [6.45, 7) is 1.93. The Morgan fingerprint density at radius 1 is 1.45 bits per heavy atom. The molecule has 0 bridgehead atoms. The monoisotopic (exact) mass is 305 g/mol. The zero-order chi connectivity index (χ0) is 14.5. The first-order valence-electron chi connectivity index (χ1n) is 6.16.